The van der Waals surface area contributed by atoms with Crippen LogP contribution < -0.4 is 9.62 Å². The van der Waals surface area contributed by atoms with Gasteiger partial charge >= 0.3 is 0 Å². The highest BCUT2D eigenvalue weighted by molar-refractivity contribution is 7.92. The van der Waals surface area contributed by atoms with Crippen LogP contribution in [-0.4, -0.2) is 33.8 Å². The van der Waals surface area contributed by atoms with Gasteiger partial charge in [-0.05, 0) is 18.2 Å². The topological polar surface area (TPSA) is 73.2 Å². The Labute approximate surface area is 101 Å². The van der Waals surface area contributed by atoms with Gasteiger partial charge in [0.1, 0.15) is 0 Å². The van der Waals surface area contributed by atoms with E-state index in [2.05, 4.69) is 5.32 Å². The highest BCUT2D eigenvalue weighted by Gasteiger charge is 2.24. The van der Waals surface area contributed by atoms with Crippen LogP contribution in [0, 0.1) is 11.3 Å². The van der Waals surface area contributed by atoms with Crippen molar-refractivity contribution < 1.29 is 8.42 Å². The van der Waals surface area contributed by atoms with Crippen molar-refractivity contribution in [1.82, 2.24) is 5.32 Å². The van der Waals surface area contributed by atoms with E-state index in [9.17, 15) is 8.42 Å². The maximum atomic E-state index is 12.0. The lowest BCUT2D eigenvalue weighted by atomic mass is 10.2. The van der Waals surface area contributed by atoms with Gasteiger partial charge < -0.3 is 5.32 Å². The molecule has 1 aliphatic rings. The first-order valence-electron chi connectivity index (χ1n) is 5.35. The van der Waals surface area contributed by atoms with Crippen molar-refractivity contribution in [1.29, 1.82) is 5.26 Å². The van der Waals surface area contributed by atoms with Crippen LogP contribution >= 0.6 is 0 Å². The first kappa shape index (κ1) is 11.9. The SMILES string of the molecule is N#Cc1cccc(N2CCNCCS2(=O)=O)c1. The third-order valence-electron chi connectivity index (χ3n) is 2.63. The lowest BCUT2D eigenvalue weighted by molar-refractivity contribution is 0.594. The van der Waals surface area contributed by atoms with Gasteiger partial charge in [-0.15, -0.1) is 0 Å². The third-order valence-corrected chi connectivity index (χ3v) is 4.41. The molecule has 0 atom stereocenters. The highest BCUT2D eigenvalue weighted by atomic mass is 32.2. The number of hydrogen-bond donors (Lipinski definition) is 1. The average molecular weight is 251 g/mol. The number of sulfonamides is 1. The molecule has 1 N–H and O–H groups in total. The van der Waals surface area contributed by atoms with E-state index < -0.39 is 10.0 Å². The van der Waals surface area contributed by atoms with E-state index in [1.807, 2.05) is 6.07 Å². The molecule has 0 spiro atoms. The summed E-state index contributed by atoms with van der Waals surface area (Å²) < 4.78 is 25.4. The average Bonchev–Trinajstić information content (AvgIpc) is 2.50. The van der Waals surface area contributed by atoms with Crippen molar-refractivity contribution in [2.45, 2.75) is 0 Å². The maximum absolute atomic E-state index is 12.0. The molecule has 0 saturated carbocycles. The molecular weight excluding hydrogens is 238 g/mol. The van der Waals surface area contributed by atoms with Crippen molar-refractivity contribution in [2.75, 3.05) is 29.7 Å². The molecule has 17 heavy (non-hydrogen) atoms. The molecule has 0 unspecified atom stereocenters. The Balaban J connectivity index is 2.40. The molecule has 6 heteroatoms. The van der Waals surface area contributed by atoms with E-state index >= 15 is 0 Å². The summed E-state index contributed by atoms with van der Waals surface area (Å²) in [6.45, 7) is 1.49. The molecule has 0 aliphatic carbocycles. The minimum Gasteiger partial charge on any atom is -0.314 e. The number of nitrogens with zero attached hydrogens (tertiary/aromatic N) is 2. The molecule has 1 heterocycles. The summed E-state index contributed by atoms with van der Waals surface area (Å²) >= 11 is 0. The van der Waals surface area contributed by atoms with Crippen molar-refractivity contribution >= 4 is 15.7 Å². The van der Waals surface area contributed by atoms with Gasteiger partial charge in [0.05, 0.1) is 23.1 Å². The second-order valence-electron chi connectivity index (χ2n) is 3.80. The molecule has 1 saturated heterocycles. The Morgan fingerprint density at radius 1 is 1.35 bits per heavy atom. The number of rotatable bonds is 1. The first-order chi connectivity index (χ1) is 8.13. The molecular formula is C11H13N3O2S. The lowest BCUT2D eigenvalue weighted by Crippen LogP contribution is -2.33. The number of benzene rings is 1. The van der Waals surface area contributed by atoms with Gasteiger partial charge in [0.25, 0.3) is 0 Å². The smallest absolute Gasteiger partial charge is 0.236 e. The minimum atomic E-state index is -3.28. The standard InChI is InChI=1S/C11H13N3O2S/c12-9-10-2-1-3-11(8-10)14-6-4-13-5-7-17(14,15)16/h1-3,8,13H,4-7H2. The van der Waals surface area contributed by atoms with Crippen LogP contribution in [-0.2, 0) is 10.0 Å². The molecule has 90 valence electrons. The number of nitrogens with one attached hydrogen (secondary N) is 1. The van der Waals surface area contributed by atoms with Crippen molar-refractivity contribution in [3.05, 3.63) is 29.8 Å². The van der Waals surface area contributed by atoms with Crippen LogP contribution in [0.1, 0.15) is 5.56 Å². The molecule has 1 aromatic carbocycles. The highest BCUT2D eigenvalue weighted by Crippen LogP contribution is 2.20. The Hall–Kier alpha value is -1.58. The van der Waals surface area contributed by atoms with Gasteiger partial charge in [-0.3, -0.25) is 4.31 Å². The number of nitriles is 1. The van der Waals surface area contributed by atoms with Crippen LogP contribution in [0.5, 0.6) is 0 Å². The second-order valence-corrected chi connectivity index (χ2v) is 5.81. The molecule has 0 aromatic heterocycles. The van der Waals surface area contributed by atoms with Crippen molar-refractivity contribution in [2.24, 2.45) is 0 Å². The Kier molecular flexibility index (Phi) is 3.31. The van der Waals surface area contributed by atoms with Gasteiger partial charge in [-0.1, -0.05) is 6.07 Å². The fourth-order valence-corrected chi connectivity index (χ4v) is 3.20. The minimum absolute atomic E-state index is 0.0871. The lowest BCUT2D eigenvalue weighted by Gasteiger charge is -2.21. The van der Waals surface area contributed by atoms with Gasteiger partial charge in [0.2, 0.25) is 10.0 Å². The molecule has 0 radical (unpaired) electrons. The molecule has 2 rings (SSSR count). The molecule has 1 aromatic rings. The summed E-state index contributed by atoms with van der Waals surface area (Å²) in [5.41, 5.74) is 1.03. The summed E-state index contributed by atoms with van der Waals surface area (Å²) in [4.78, 5) is 0. The van der Waals surface area contributed by atoms with Crippen LogP contribution in [0.4, 0.5) is 5.69 Å². The zero-order chi connectivity index (χ0) is 12.3. The van der Waals surface area contributed by atoms with Crippen molar-refractivity contribution in [3.63, 3.8) is 0 Å². The van der Waals surface area contributed by atoms with E-state index in [4.69, 9.17) is 5.26 Å². The third kappa shape index (κ3) is 2.57. The Morgan fingerprint density at radius 3 is 2.94 bits per heavy atom. The van der Waals surface area contributed by atoms with Crippen molar-refractivity contribution in [3.8, 4) is 6.07 Å². The fraction of sp³-hybridized carbons (Fsp3) is 0.364. The van der Waals surface area contributed by atoms with Crippen LogP contribution in [0.3, 0.4) is 0 Å². The molecule has 0 bridgehead atoms. The van der Waals surface area contributed by atoms with Crippen LogP contribution in [0.15, 0.2) is 24.3 Å². The molecule has 0 amide bonds. The molecule has 1 fully saturated rings. The summed E-state index contributed by atoms with van der Waals surface area (Å²) in [5, 5.41) is 11.9. The van der Waals surface area contributed by atoms with Crippen LogP contribution in [0.2, 0.25) is 0 Å². The largest absolute Gasteiger partial charge is 0.314 e. The Morgan fingerprint density at radius 2 is 2.18 bits per heavy atom. The zero-order valence-corrected chi connectivity index (χ0v) is 10.1. The number of hydrogen-bond acceptors (Lipinski definition) is 4. The van der Waals surface area contributed by atoms with E-state index in [1.54, 1.807) is 24.3 Å². The molecule has 5 nitrogen and oxygen atoms in total. The summed E-state index contributed by atoms with van der Waals surface area (Å²) in [6, 6.07) is 8.68. The van der Waals surface area contributed by atoms with E-state index in [0.29, 0.717) is 30.9 Å². The predicted octanol–water partition coefficient (Wildman–Crippen LogP) is 0.298. The summed E-state index contributed by atoms with van der Waals surface area (Å²) in [7, 11) is -3.28. The zero-order valence-electron chi connectivity index (χ0n) is 9.26. The summed E-state index contributed by atoms with van der Waals surface area (Å²) in [6.07, 6.45) is 0. The predicted molar refractivity (Wildman–Crippen MR) is 65.2 cm³/mol. The van der Waals surface area contributed by atoms with E-state index in [-0.39, 0.29) is 5.75 Å². The monoisotopic (exact) mass is 251 g/mol. The van der Waals surface area contributed by atoms with Crippen LogP contribution in [0.25, 0.3) is 0 Å². The first-order valence-corrected chi connectivity index (χ1v) is 6.96. The van der Waals surface area contributed by atoms with E-state index in [1.165, 1.54) is 4.31 Å². The van der Waals surface area contributed by atoms with E-state index in [0.717, 1.165) is 0 Å². The fourth-order valence-electron chi connectivity index (χ4n) is 1.78. The normalized spacial score (nSPS) is 19.4. The van der Waals surface area contributed by atoms with Gasteiger partial charge in [0.15, 0.2) is 0 Å². The number of anilines is 1. The Bertz CT molecular complexity index is 548. The second kappa shape index (κ2) is 4.73. The molecule has 1 aliphatic heterocycles. The summed E-state index contributed by atoms with van der Waals surface area (Å²) in [5.74, 6) is 0.0871. The quantitative estimate of drug-likeness (QED) is 0.779. The van der Waals surface area contributed by atoms with Gasteiger partial charge in [-0.25, -0.2) is 8.42 Å². The maximum Gasteiger partial charge on any atom is 0.236 e. The van der Waals surface area contributed by atoms with Gasteiger partial charge in [-0.2, -0.15) is 5.26 Å². The van der Waals surface area contributed by atoms with Gasteiger partial charge in [0, 0.05) is 19.6 Å².